The molecule has 0 radical (unpaired) electrons. The molecule has 0 aliphatic heterocycles. The molecule has 0 aromatic carbocycles. The van der Waals surface area contributed by atoms with E-state index in [1.54, 1.807) is 17.7 Å². The van der Waals surface area contributed by atoms with Crippen molar-refractivity contribution in [1.82, 2.24) is 15.0 Å². The molecule has 0 saturated carbocycles. The lowest BCUT2D eigenvalue weighted by Gasteiger charge is -2.16. The Morgan fingerprint density at radius 1 is 1.21 bits per heavy atom. The van der Waals surface area contributed by atoms with E-state index in [4.69, 9.17) is 0 Å². The van der Waals surface area contributed by atoms with Gasteiger partial charge in [-0.05, 0) is 5.92 Å². The van der Waals surface area contributed by atoms with E-state index in [0.717, 1.165) is 35.9 Å². The monoisotopic (exact) mass is 277 g/mol. The summed E-state index contributed by atoms with van der Waals surface area (Å²) in [7, 11) is 1.88. The molecule has 0 saturated heterocycles. The molecular weight excluding hydrogens is 258 g/mol. The van der Waals surface area contributed by atoms with Gasteiger partial charge in [-0.25, -0.2) is 15.0 Å². The number of aromatic nitrogens is 3. The summed E-state index contributed by atoms with van der Waals surface area (Å²) in [5.41, 5.74) is 4.10. The number of hydrogen-bond acceptors (Lipinski definition) is 6. The molecular formula is C13H19N5S. The van der Waals surface area contributed by atoms with E-state index in [9.17, 15) is 0 Å². The fraction of sp³-hybridized carbons (Fsp3) is 0.462. The molecule has 0 atom stereocenters. The highest BCUT2D eigenvalue weighted by atomic mass is 32.1. The molecule has 2 aromatic rings. The second-order valence-electron chi connectivity index (χ2n) is 4.55. The summed E-state index contributed by atoms with van der Waals surface area (Å²) < 4.78 is 0. The van der Waals surface area contributed by atoms with E-state index in [1.807, 2.05) is 12.6 Å². The molecule has 0 fully saturated rings. The zero-order valence-electron chi connectivity index (χ0n) is 11.5. The maximum absolute atomic E-state index is 4.35. The zero-order chi connectivity index (χ0) is 13.7. The minimum absolute atomic E-state index is 0.366. The average Bonchev–Trinajstić information content (AvgIpc) is 2.91. The summed E-state index contributed by atoms with van der Waals surface area (Å²) in [5.74, 6) is 2.16. The third-order valence-electron chi connectivity index (χ3n) is 2.86. The molecule has 0 bridgehead atoms. The number of nitrogens with one attached hydrogen (secondary N) is 2. The van der Waals surface area contributed by atoms with Gasteiger partial charge in [-0.15, -0.1) is 11.3 Å². The first-order valence-corrected chi connectivity index (χ1v) is 7.30. The van der Waals surface area contributed by atoms with Gasteiger partial charge in [0.15, 0.2) is 0 Å². The third-order valence-corrected chi connectivity index (χ3v) is 3.49. The van der Waals surface area contributed by atoms with Crippen molar-refractivity contribution in [3.8, 4) is 0 Å². The summed E-state index contributed by atoms with van der Waals surface area (Å²) in [5, 5.41) is 8.57. The van der Waals surface area contributed by atoms with Crippen LogP contribution in [-0.2, 0) is 6.42 Å². The Labute approximate surface area is 117 Å². The average molecular weight is 277 g/mol. The Hall–Kier alpha value is -1.69. The molecule has 2 rings (SSSR count). The molecule has 102 valence electrons. The minimum atomic E-state index is 0.366. The van der Waals surface area contributed by atoms with Gasteiger partial charge < -0.3 is 10.6 Å². The predicted octanol–water partition coefficient (Wildman–Crippen LogP) is 2.75. The molecule has 2 heterocycles. The van der Waals surface area contributed by atoms with Crippen molar-refractivity contribution in [1.29, 1.82) is 0 Å². The van der Waals surface area contributed by atoms with Gasteiger partial charge in [0, 0.05) is 31.0 Å². The van der Waals surface area contributed by atoms with E-state index >= 15 is 0 Å². The molecule has 2 aromatic heterocycles. The van der Waals surface area contributed by atoms with Crippen LogP contribution in [0.5, 0.6) is 0 Å². The second-order valence-corrected chi connectivity index (χ2v) is 5.26. The lowest BCUT2D eigenvalue weighted by atomic mass is 10.0. The van der Waals surface area contributed by atoms with Crippen LogP contribution in [0.2, 0.25) is 0 Å². The normalized spacial score (nSPS) is 10.7. The van der Waals surface area contributed by atoms with Crippen molar-refractivity contribution in [2.45, 2.75) is 26.2 Å². The smallest absolute Gasteiger partial charge is 0.134 e. The summed E-state index contributed by atoms with van der Waals surface area (Å²) in [6.45, 7) is 5.11. The Kier molecular flexibility index (Phi) is 4.68. The van der Waals surface area contributed by atoms with Crippen molar-refractivity contribution in [3.05, 3.63) is 28.5 Å². The first-order chi connectivity index (χ1) is 9.22. The topological polar surface area (TPSA) is 62.7 Å². The van der Waals surface area contributed by atoms with Crippen molar-refractivity contribution < 1.29 is 0 Å². The molecule has 0 aliphatic carbocycles. The maximum atomic E-state index is 4.35. The lowest BCUT2D eigenvalue weighted by molar-refractivity contribution is 0.844. The van der Waals surface area contributed by atoms with Gasteiger partial charge in [-0.3, -0.25) is 0 Å². The highest BCUT2D eigenvalue weighted by Crippen LogP contribution is 2.27. The van der Waals surface area contributed by atoms with Crippen LogP contribution in [0.4, 0.5) is 11.6 Å². The summed E-state index contributed by atoms with van der Waals surface area (Å²) >= 11 is 1.63. The van der Waals surface area contributed by atoms with Gasteiger partial charge in [-0.2, -0.15) is 0 Å². The SMILES string of the molecule is CNc1ncnc(NCCc2cscn2)c1C(C)C. The standard InChI is InChI=1S/C13H19N5S/c1-9(2)11-12(14-3)16-7-17-13(11)15-5-4-10-6-19-8-18-10/h6-9H,4-5H2,1-3H3,(H2,14,15,16,17). The zero-order valence-corrected chi connectivity index (χ0v) is 12.3. The van der Waals surface area contributed by atoms with Gasteiger partial charge >= 0.3 is 0 Å². The predicted molar refractivity (Wildman–Crippen MR) is 80.0 cm³/mol. The van der Waals surface area contributed by atoms with Crippen molar-refractivity contribution in [2.75, 3.05) is 24.2 Å². The van der Waals surface area contributed by atoms with Crippen LogP contribution >= 0.6 is 11.3 Å². The maximum Gasteiger partial charge on any atom is 0.134 e. The van der Waals surface area contributed by atoms with Crippen molar-refractivity contribution in [2.24, 2.45) is 0 Å². The third kappa shape index (κ3) is 3.41. The molecule has 0 aliphatic rings. The molecule has 6 heteroatoms. The lowest BCUT2D eigenvalue weighted by Crippen LogP contribution is -2.12. The van der Waals surface area contributed by atoms with E-state index in [2.05, 4.69) is 44.8 Å². The number of hydrogen-bond donors (Lipinski definition) is 2. The van der Waals surface area contributed by atoms with Crippen LogP contribution in [-0.4, -0.2) is 28.5 Å². The second kappa shape index (κ2) is 6.47. The molecule has 19 heavy (non-hydrogen) atoms. The Morgan fingerprint density at radius 2 is 2.00 bits per heavy atom. The van der Waals surface area contributed by atoms with Gasteiger partial charge in [0.05, 0.1) is 11.2 Å². The van der Waals surface area contributed by atoms with Gasteiger partial charge in [0.1, 0.15) is 18.0 Å². The van der Waals surface area contributed by atoms with Gasteiger partial charge in [-0.1, -0.05) is 13.8 Å². The van der Waals surface area contributed by atoms with E-state index in [0.29, 0.717) is 5.92 Å². The van der Waals surface area contributed by atoms with Crippen LogP contribution in [0.25, 0.3) is 0 Å². The quantitative estimate of drug-likeness (QED) is 0.850. The van der Waals surface area contributed by atoms with Crippen molar-refractivity contribution >= 4 is 23.0 Å². The van der Waals surface area contributed by atoms with Crippen LogP contribution < -0.4 is 10.6 Å². The summed E-state index contributed by atoms with van der Waals surface area (Å²) in [4.78, 5) is 12.9. The first kappa shape index (κ1) is 13.7. The van der Waals surface area contributed by atoms with Crippen LogP contribution in [0.15, 0.2) is 17.2 Å². The summed E-state index contributed by atoms with van der Waals surface area (Å²) in [6.07, 6.45) is 2.49. The van der Waals surface area contributed by atoms with Crippen LogP contribution in [0.1, 0.15) is 31.0 Å². The fourth-order valence-corrected chi connectivity index (χ4v) is 2.55. The van der Waals surface area contributed by atoms with Crippen molar-refractivity contribution in [3.63, 3.8) is 0 Å². The molecule has 0 unspecified atom stereocenters. The van der Waals surface area contributed by atoms with E-state index < -0.39 is 0 Å². The number of thiazole rings is 1. The van der Waals surface area contributed by atoms with Crippen LogP contribution in [0.3, 0.4) is 0 Å². The molecule has 0 amide bonds. The van der Waals surface area contributed by atoms with Gasteiger partial charge in [0.2, 0.25) is 0 Å². The highest BCUT2D eigenvalue weighted by Gasteiger charge is 2.13. The molecule has 0 spiro atoms. The van der Waals surface area contributed by atoms with E-state index in [-0.39, 0.29) is 0 Å². The number of rotatable bonds is 6. The minimum Gasteiger partial charge on any atom is -0.373 e. The Balaban J connectivity index is 2.07. The highest BCUT2D eigenvalue weighted by molar-refractivity contribution is 7.07. The summed E-state index contributed by atoms with van der Waals surface area (Å²) in [6, 6.07) is 0. The van der Waals surface area contributed by atoms with E-state index in [1.165, 1.54) is 0 Å². The fourth-order valence-electron chi connectivity index (χ4n) is 1.95. The largest absolute Gasteiger partial charge is 0.373 e. The molecule has 5 nitrogen and oxygen atoms in total. The molecule has 2 N–H and O–H groups in total. The number of nitrogens with zero attached hydrogens (tertiary/aromatic N) is 3. The Bertz CT molecular complexity index is 510. The van der Waals surface area contributed by atoms with Crippen LogP contribution in [0, 0.1) is 0 Å². The Morgan fingerprint density at radius 3 is 2.63 bits per heavy atom. The van der Waals surface area contributed by atoms with Gasteiger partial charge in [0.25, 0.3) is 0 Å². The first-order valence-electron chi connectivity index (χ1n) is 6.36. The number of anilines is 2.